The van der Waals surface area contributed by atoms with Gasteiger partial charge in [-0.3, -0.25) is 4.79 Å². The SMILES string of the molecule is CCOC(=O)CC(C#N)(Nc1ccc(C)cc1)c1ccccc1. The van der Waals surface area contributed by atoms with Crippen LogP contribution in [0.15, 0.2) is 54.6 Å². The summed E-state index contributed by atoms with van der Waals surface area (Å²) in [5.41, 5.74) is 1.48. The molecular weight excluding hydrogens is 288 g/mol. The Balaban J connectivity index is 2.39. The van der Waals surface area contributed by atoms with E-state index in [1.165, 1.54) is 0 Å². The first-order chi connectivity index (χ1) is 11.1. The van der Waals surface area contributed by atoms with E-state index >= 15 is 0 Å². The number of ether oxygens (including phenoxy) is 1. The summed E-state index contributed by atoms with van der Waals surface area (Å²) in [6.07, 6.45) is -0.0603. The Bertz CT molecular complexity index is 690. The Hall–Kier alpha value is -2.80. The molecule has 0 aliphatic carbocycles. The maximum atomic E-state index is 12.0. The number of aryl methyl sites for hydroxylation is 1. The summed E-state index contributed by atoms with van der Waals surface area (Å²) in [5, 5.41) is 13.1. The second kappa shape index (κ2) is 7.46. The van der Waals surface area contributed by atoms with Gasteiger partial charge < -0.3 is 10.1 Å². The summed E-state index contributed by atoms with van der Waals surface area (Å²) >= 11 is 0. The van der Waals surface area contributed by atoms with E-state index in [0.29, 0.717) is 6.61 Å². The Morgan fingerprint density at radius 1 is 1.17 bits per heavy atom. The topological polar surface area (TPSA) is 62.1 Å². The highest BCUT2D eigenvalue weighted by Gasteiger charge is 2.35. The number of nitriles is 1. The monoisotopic (exact) mass is 308 g/mol. The van der Waals surface area contributed by atoms with Crippen LogP contribution in [0.4, 0.5) is 5.69 Å². The highest BCUT2D eigenvalue weighted by Crippen LogP contribution is 2.30. The molecule has 0 spiro atoms. The first-order valence-electron chi connectivity index (χ1n) is 7.57. The number of hydrogen-bond donors (Lipinski definition) is 1. The van der Waals surface area contributed by atoms with Gasteiger partial charge in [0.15, 0.2) is 5.54 Å². The van der Waals surface area contributed by atoms with Crippen molar-refractivity contribution in [3.05, 3.63) is 65.7 Å². The lowest BCUT2D eigenvalue weighted by atomic mass is 9.87. The van der Waals surface area contributed by atoms with Gasteiger partial charge in [-0.05, 0) is 31.5 Å². The Kier molecular flexibility index (Phi) is 5.37. The molecular formula is C19H20N2O2. The van der Waals surface area contributed by atoms with Gasteiger partial charge >= 0.3 is 5.97 Å². The molecule has 4 heteroatoms. The Morgan fingerprint density at radius 2 is 1.83 bits per heavy atom. The molecule has 2 rings (SSSR count). The van der Waals surface area contributed by atoms with E-state index in [0.717, 1.165) is 16.8 Å². The predicted octanol–water partition coefficient (Wildman–Crippen LogP) is 3.78. The fourth-order valence-electron chi connectivity index (χ4n) is 2.38. The second-order valence-electron chi connectivity index (χ2n) is 5.36. The summed E-state index contributed by atoms with van der Waals surface area (Å²) in [5.74, 6) is -0.405. The minimum absolute atomic E-state index is 0.0603. The summed E-state index contributed by atoms with van der Waals surface area (Å²) in [6, 6.07) is 19.2. The number of nitrogens with zero attached hydrogens (tertiary/aromatic N) is 1. The molecule has 0 heterocycles. The van der Waals surface area contributed by atoms with Gasteiger partial charge in [-0.15, -0.1) is 0 Å². The van der Waals surface area contributed by atoms with Crippen LogP contribution in [0.25, 0.3) is 0 Å². The van der Waals surface area contributed by atoms with E-state index in [9.17, 15) is 10.1 Å². The molecule has 4 nitrogen and oxygen atoms in total. The van der Waals surface area contributed by atoms with Gasteiger partial charge in [-0.2, -0.15) is 5.26 Å². The van der Waals surface area contributed by atoms with Gasteiger partial charge in [0, 0.05) is 5.69 Å². The highest BCUT2D eigenvalue weighted by molar-refractivity contribution is 5.74. The molecule has 2 aromatic carbocycles. The van der Waals surface area contributed by atoms with E-state index in [1.807, 2.05) is 61.5 Å². The van der Waals surface area contributed by atoms with Gasteiger partial charge in [-0.1, -0.05) is 48.0 Å². The van der Waals surface area contributed by atoms with Crippen LogP contribution in [0.3, 0.4) is 0 Å². The number of nitrogens with one attached hydrogen (secondary N) is 1. The van der Waals surface area contributed by atoms with E-state index in [4.69, 9.17) is 4.74 Å². The highest BCUT2D eigenvalue weighted by atomic mass is 16.5. The smallest absolute Gasteiger partial charge is 0.309 e. The van der Waals surface area contributed by atoms with Gasteiger partial charge in [0.2, 0.25) is 0 Å². The van der Waals surface area contributed by atoms with Gasteiger partial charge in [-0.25, -0.2) is 0 Å². The third-order valence-electron chi connectivity index (χ3n) is 3.58. The van der Waals surface area contributed by atoms with E-state index in [2.05, 4.69) is 11.4 Å². The van der Waals surface area contributed by atoms with Crippen LogP contribution in [0.2, 0.25) is 0 Å². The molecule has 0 radical (unpaired) electrons. The molecule has 0 aromatic heterocycles. The van der Waals surface area contributed by atoms with Crippen molar-refractivity contribution in [2.75, 3.05) is 11.9 Å². The van der Waals surface area contributed by atoms with Crippen molar-refractivity contribution >= 4 is 11.7 Å². The van der Waals surface area contributed by atoms with Crippen LogP contribution in [0, 0.1) is 18.3 Å². The maximum Gasteiger partial charge on any atom is 0.309 e. The van der Waals surface area contributed by atoms with Crippen molar-refractivity contribution in [2.24, 2.45) is 0 Å². The van der Waals surface area contributed by atoms with Crippen molar-refractivity contribution in [1.29, 1.82) is 5.26 Å². The van der Waals surface area contributed by atoms with Crippen molar-refractivity contribution < 1.29 is 9.53 Å². The lowest BCUT2D eigenvalue weighted by Gasteiger charge is -2.28. The van der Waals surface area contributed by atoms with Crippen LogP contribution < -0.4 is 5.32 Å². The number of esters is 1. The van der Waals surface area contributed by atoms with Gasteiger partial charge in [0.25, 0.3) is 0 Å². The molecule has 0 aliphatic rings. The third-order valence-corrected chi connectivity index (χ3v) is 3.58. The molecule has 0 saturated heterocycles. The molecule has 0 saturated carbocycles. The van der Waals surface area contributed by atoms with Crippen LogP contribution in [0.5, 0.6) is 0 Å². The van der Waals surface area contributed by atoms with Crippen LogP contribution >= 0.6 is 0 Å². The van der Waals surface area contributed by atoms with Gasteiger partial charge in [0.1, 0.15) is 0 Å². The zero-order valence-electron chi connectivity index (χ0n) is 13.4. The van der Waals surface area contributed by atoms with Crippen LogP contribution in [-0.4, -0.2) is 12.6 Å². The number of carbonyl (C=O) groups excluding carboxylic acids is 1. The number of rotatable bonds is 6. The third kappa shape index (κ3) is 4.10. The van der Waals surface area contributed by atoms with Crippen molar-refractivity contribution in [3.8, 4) is 6.07 Å². The summed E-state index contributed by atoms with van der Waals surface area (Å²) in [7, 11) is 0. The lowest BCUT2D eigenvalue weighted by Crippen LogP contribution is -2.37. The first kappa shape index (κ1) is 16.6. The maximum absolute atomic E-state index is 12.0. The van der Waals surface area contributed by atoms with Crippen LogP contribution in [0.1, 0.15) is 24.5 Å². The lowest BCUT2D eigenvalue weighted by molar-refractivity contribution is -0.143. The molecule has 0 bridgehead atoms. The largest absolute Gasteiger partial charge is 0.466 e. The first-order valence-corrected chi connectivity index (χ1v) is 7.57. The van der Waals surface area contributed by atoms with Crippen LogP contribution in [-0.2, 0) is 15.1 Å². The van der Waals surface area contributed by atoms with Gasteiger partial charge in [0.05, 0.1) is 19.1 Å². The zero-order chi connectivity index (χ0) is 16.7. The Labute approximate surface area is 136 Å². The molecule has 23 heavy (non-hydrogen) atoms. The zero-order valence-corrected chi connectivity index (χ0v) is 13.4. The number of hydrogen-bond acceptors (Lipinski definition) is 4. The molecule has 118 valence electrons. The molecule has 0 fully saturated rings. The molecule has 1 unspecified atom stereocenters. The second-order valence-corrected chi connectivity index (χ2v) is 5.36. The summed E-state index contributed by atoms with van der Waals surface area (Å²) in [4.78, 5) is 12.0. The molecule has 1 atom stereocenters. The number of benzene rings is 2. The summed E-state index contributed by atoms with van der Waals surface area (Å²) in [6.45, 7) is 4.04. The predicted molar refractivity (Wildman–Crippen MR) is 89.8 cm³/mol. The van der Waals surface area contributed by atoms with E-state index in [-0.39, 0.29) is 6.42 Å². The van der Waals surface area contributed by atoms with Crippen molar-refractivity contribution in [2.45, 2.75) is 25.8 Å². The molecule has 0 amide bonds. The molecule has 1 N–H and O–H groups in total. The normalized spacial score (nSPS) is 12.7. The molecule has 0 aliphatic heterocycles. The minimum atomic E-state index is -1.16. The van der Waals surface area contributed by atoms with E-state index < -0.39 is 11.5 Å². The number of anilines is 1. The quantitative estimate of drug-likeness (QED) is 0.825. The average Bonchev–Trinajstić information content (AvgIpc) is 2.57. The standard InChI is InChI=1S/C19H20N2O2/c1-3-23-18(22)13-19(14-20,16-7-5-4-6-8-16)21-17-11-9-15(2)10-12-17/h4-12,21H,3,13H2,1-2H3. The van der Waals surface area contributed by atoms with E-state index in [1.54, 1.807) is 6.92 Å². The number of carbonyl (C=O) groups is 1. The average molecular weight is 308 g/mol. The van der Waals surface area contributed by atoms with Crippen molar-refractivity contribution in [1.82, 2.24) is 0 Å². The minimum Gasteiger partial charge on any atom is -0.466 e. The molecule has 2 aromatic rings. The Morgan fingerprint density at radius 3 is 2.39 bits per heavy atom. The van der Waals surface area contributed by atoms with Crippen molar-refractivity contribution in [3.63, 3.8) is 0 Å². The fraction of sp³-hybridized carbons (Fsp3) is 0.263. The fourth-order valence-corrected chi connectivity index (χ4v) is 2.38. The summed E-state index contributed by atoms with van der Waals surface area (Å²) < 4.78 is 5.05.